The van der Waals surface area contributed by atoms with Crippen molar-refractivity contribution in [2.45, 2.75) is 32.3 Å². The SMILES string of the molecule is CCC[C@]1(CO)CCN(C(=O)/C=C/c2ccccc2)C[C@@H]1O. The molecule has 0 aliphatic carbocycles. The topological polar surface area (TPSA) is 60.8 Å². The summed E-state index contributed by atoms with van der Waals surface area (Å²) in [6.07, 6.45) is 5.01. The molecule has 0 unspecified atom stereocenters. The number of piperidine rings is 1. The van der Waals surface area contributed by atoms with Crippen molar-refractivity contribution in [1.29, 1.82) is 0 Å². The van der Waals surface area contributed by atoms with E-state index in [0.29, 0.717) is 19.5 Å². The fourth-order valence-electron chi connectivity index (χ4n) is 3.11. The van der Waals surface area contributed by atoms with E-state index in [0.717, 1.165) is 18.4 Å². The number of hydrogen-bond donors (Lipinski definition) is 2. The van der Waals surface area contributed by atoms with E-state index >= 15 is 0 Å². The molecule has 1 saturated heterocycles. The molecule has 4 nitrogen and oxygen atoms in total. The molecule has 2 atom stereocenters. The van der Waals surface area contributed by atoms with Gasteiger partial charge in [-0.3, -0.25) is 4.79 Å². The molecule has 22 heavy (non-hydrogen) atoms. The molecule has 0 bridgehead atoms. The Bertz CT molecular complexity index is 514. The fraction of sp³-hybridized carbons (Fsp3) is 0.500. The molecular weight excluding hydrogens is 278 g/mol. The molecule has 1 amide bonds. The number of hydrogen-bond acceptors (Lipinski definition) is 3. The number of aliphatic hydroxyl groups excluding tert-OH is 2. The number of aliphatic hydroxyl groups is 2. The van der Waals surface area contributed by atoms with Crippen LogP contribution in [-0.2, 0) is 4.79 Å². The Labute approximate surface area is 132 Å². The number of carbonyl (C=O) groups excluding carboxylic acids is 1. The van der Waals surface area contributed by atoms with Crippen LogP contribution in [-0.4, -0.2) is 46.8 Å². The van der Waals surface area contributed by atoms with Crippen molar-refractivity contribution in [3.63, 3.8) is 0 Å². The second-order valence-corrected chi connectivity index (χ2v) is 6.06. The van der Waals surface area contributed by atoms with Crippen molar-refractivity contribution in [3.05, 3.63) is 42.0 Å². The maximum atomic E-state index is 12.2. The smallest absolute Gasteiger partial charge is 0.246 e. The van der Waals surface area contributed by atoms with E-state index in [1.807, 2.05) is 37.3 Å². The van der Waals surface area contributed by atoms with Crippen LogP contribution in [0.2, 0.25) is 0 Å². The highest BCUT2D eigenvalue weighted by Gasteiger charge is 2.41. The van der Waals surface area contributed by atoms with Gasteiger partial charge in [0.25, 0.3) is 0 Å². The minimum atomic E-state index is -0.666. The number of nitrogens with zero attached hydrogens (tertiary/aromatic N) is 1. The summed E-state index contributed by atoms with van der Waals surface area (Å²) in [5.74, 6) is -0.0917. The maximum absolute atomic E-state index is 12.2. The Morgan fingerprint density at radius 3 is 2.73 bits per heavy atom. The number of benzene rings is 1. The first-order valence-corrected chi connectivity index (χ1v) is 7.92. The van der Waals surface area contributed by atoms with Crippen LogP contribution in [0.25, 0.3) is 6.08 Å². The molecular formula is C18H25NO3. The van der Waals surface area contributed by atoms with Gasteiger partial charge in [-0.2, -0.15) is 0 Å². The highest BCUT2D eigenvalue weighted by molar-refractivity contribution is 5.91. The van der Waals surface area contributed by atoms with Crippen molar-refractivity contribution in [1.82, 2.24) is 4.90 Å². The van der Waals surface area contributed by atoms with Gasteiger partial charge in [0.05, 0.1) is 12.7 Å². The summed E-state index contributed by atoms with van der Waals surface area (Å²) >= 11 is 0. The van der Waals surface area contributed by atoms with Crippen molar-refractivity contribution in [2.75, 3.05) is 19.7 Å². The number of amides is 1. The lowest BCUT2D eigenvalue weighted by Gasteiger charge is -2.44. The predicted molar refractivity (Wildman–Crippen MR) is 87.1 cm³/mol. The van der Waals surface area contributed by atoms with Gasteiger partial charge in [-0.1, -0.05) is 43.7 Å². The van der Waals surface area contributed by atoms with E-state index in [4.69, 9.17) is 0 Å². The summed E-state index contributed by atoms with van der Waals surface area (Å²) in [6.45, 7) is 2.89. The van der Waals surface area contributed by atoms with Crippen LogP contribution < -0.4 is 0 Å². The van der Waals surface area contributed by atoms with E-state index < -0.39 is 11.5 Å². The van der Waals surface area contributed by atoms with Crippen LogP contribution in [0.3, 0.4) is 0 Å². The van der Waals surface area contributed by atoms with Gasteiger partial charge in [0.1, 0.15) is 0 Å². The van der Waals surface area contributed by atoms with Gasteiger partial charge in [-0.05, 0) is 24.5 Å². The van der Waals surface area contributed by atoms with E-state index in [1.165, 1.54) is 0 Å². The Morgan fingerprint density at radius 1 is 1.41 bits per heavy atom. The minimum Gasteiger partial charge on any atom is -0.396 e. The number of carbonyl (C=O) groups is 1. The lowest BCUT2D eigenvalue weighted by Crippen LogP contribution is -2.53. The summed E-state index contributed by atoms with van der Waals surface area (Å²) in [5, 5.41) is 20.0. The molecule has 0 spiro atoms. The Hall–Kier alpha value is -1.65. The zero-order chi connectivity index (χ0) is 16.0. The molecule has 2 N–H and O–H groups in total. The number of rotatable bonds is 5. The molecule has 1 aliphatic heterocycles. The zero-order valence-corrected chi connectivity index (χ0v) is 13.1. The molecule has 4 heteroatoms. The summed E-state index contributed by atoms with van der Waals surface area (Å²) in [5.41, 5.74) is 0.526. The molecule has 0 radical (unpaired) electrons. The predicted octanol–water partition coefficient (Wildman–Crippen LogP) is 2.07. The number of β-amino-alcohol motifs (C(OH)–C–C–N with tert-alkyl or cyclic N) is 1. The van der Waals surface area contributed by atoms with Gasteiger partial charge in [-0.15, -0.1) is 0 Å². The van der Waals surface area contributed by atoms with Crippen LogP contribution in [0.4, 0.5) is 0 Å². The average Bonchev–Trinajstić information content (AvgIpc) is 2.55. The molecule has 0 aromatic heterocycles. The second-order valence-electron chi connectivity index (χ2n) is 6.06. The van der Waals surface area contributed by atoms with Gasteiger partial charge in [-0.25, -0.2) is 0 Å². The Kier molecular flexibility index (Phi) is 5.75. The van der Waals surface area contributed by atoms with E-state index in [9.17, 15) is 15.0 Å². The van der Waals surface area contributed by atoms with Crippen molar-refractivity contribution >= 4 is 12.0 Å². The van der Waals surface area contributed by atoms with Crippen LogP contribution in [0.5, 0.6) is 0 Å². The van der Waals surface area contributed by atoms with E-state index in [2.05, 4.69) is 0 Å². The Morgan fingerprint density at radius 2 is 2.14 bits per heavy atom. The highest BCUT2D eigenvalue weighted by atomic mass is 16.3. The molecule has 0 saturated carbocycles. The third-order valence-electron chi connectivity index (χ3n) is 4.57. The first-order valence-electron chi connectivity index (χ1n) is 7.92. The van der Waals surface area contributed by atoms with Crippen molar-refractivity contribution < 1.29 is 15.0 Å². The van der Waals surface area contributed by atoms with Crippen LogP contribution >= 0.6 is 0 Å². The monoisotopic (exact) mass is 303 g/mol. The average molecular weight is 303 g/mol. The van der Waals surface area contributed by atoms with E-state index in [1.54, 1.807) is 17.1 Å². The molecule has 2 rings (SSSR count). The largest absolute Gasteiger partial charge is 0.396 e. The second kappa shape index (κ2) is 7.56. The van der Waals surface area contributed by atoms with Crippen molar-refractivity contribution in [3.8, 4) is 0 Å². The lowest BCUT2D eigenvalue weighted by atomic mass is 9.73. The molecule has 1 fully saturated rings. The zero-order valence-electron chi connectivity index (χ0n) is 13.1. The van der Waals surface area contributed by atoms with Crippen LogP contribution in [0, 0.1) is 5.41 Å². The first-order chi connectivity index (χ1) is 10.6. The van der Waals surface area contributed by atoms with Crippen LogP contribution in [0.15, 0.2) is 36.4 Å². The number of likely N-dealkylation sites (tertiary alicyclic amines) is 1. The molecule has 1 aromatic rings. The van der Waals surface area contributed by atoms with Gasteiger partial charge in [0.15, 0.2) is 0 Å². The maximum Gasteiger partial charge on any atom is 0.246 e. The first kappa shape index (κ1) is 16.7. The van der Waals surface area contributed by atoms with Gasteiger partial charge in [0, 0.05) is 24.6 Å². The summed E-state index contributed by atoms with van der Waals surface area (Å²) in [6, 6.07) is 9.66. The lowest BCUT2D eigenvalue weighted by molar-refractivity contribution is -0.136. The van der Waals surface area contributed by atoms with Gasteiger partial charge < -0.3 is 15.1 Å². The highest BCUT2D eigenvalue weighted by Crippen LogP contribution is 2.36. The molecule has 120 valence electrons. The van der Waals surface area contributed by atoms with E-state index in [-0.39, 0.29) is 12.5 Å². The van der Waals surface area contributed by atoms with Gasteiger partial charge in [0.2, 0.25) is 5.91 Å². The summed E-state index contributed by atoms with van der Waals surface area (Å²) in [4.78, 5) is 13.9. The normalized spacial score (nSPS) is 25.6. The summed E-state index contributed by atoms with van der Waals surface area (Å²) < 4.78 is 0. The fourth-order valence-corrected chi connectivity index (χ4v) is 3.11. The third-order valence-corrected chi connectivity index (χ3v) is 4.57. The Balaban J connectivity index is 1.98. The minimum absolute atomic E-state index is 0.0239. The quantitative estimate of drug-likeness (QED) is 0.819. The van der Waals surface area contributed by atoms with Gasteiger partial charge >= 0.3 is 0 Å². The summed E-state index contributed by atoms with van der Waals surface area (Å²) in [7, 11) is 0. The molecule has 1 heterocycles. The molecule has 1 aromatic carbocycles. The molecule has 1 aliphatic rings. The van der Waals surface area contributed by atoms with Crippen LogP contribution in [0.1, 0.15) is 31.7 Å². The van der Waals surface area contributed by atoms with Crippen molar-refractivity contribution in [2.24, 2.45) is 5.41 Å². The standard InChI is InChI=1S/C18H25NO3/c1-2-10-18(14-20)11-12-19(13-16(18)21)17(22)9-8-15-6-4-3-5-7-15/h3-9,16,20-21H,2,10-14H2,1H3/b9-8+/t16-,18+/m0/s1. The third kappa shape index (κ3) is 3.76.